The molecule has 2 nitrogen and oxygen atoms in total. The summed E-state index contributed by atoms with van der Waals surface area (Å²) in [5.74, 6) is 0. The minimum atomic E-state index is -4.34. The summed E-state index contributed by atoms with van der Waals surface area (Å²) in [5.41, 5.74) is 11.0. The molecule has 96 valence electrons. The Morgan fingerprint density at radius 1 is 1.29 bits per heavy atom. The first kappa shape index (κ1) is 14.5. The van der Waals surface area contributed by atoms with Gasteiger partial charge in [-0.25, -0.2) is 0 Å². The number of alkyl halides is 3. The van der Waals surface area contributed by atoms with Gasteiger partial charge in [-0.15, -0.1) is 0 Å². The van der Waals surface area contributed by atoms with Gasteiger partial charge in [0, 0.05) is 10.5 Å². The first-order valence-corrected chi connectivity index (χ1v) is 5.98. The summed E-state index contributed by atoms with van der Waals surface area (Å²) < 4.78 is 38.2. The van der Waals surface area contributed by atoms with E-state index < -0.39 is 17.8 Å². The topological polar surface area (TPSA) is 52.0 Å². The van der Waals surface area contributed by atoms with Crippen LogP contribution in [0.5, 0.6) is 0 Å². The van der Waals surface area contributed by atoms with Gasteiger partial charge in [0.2, 0.25) is 0 Å². The number of hydrogen-bond acceptors (Lipinski definition) is 2. The average molecular weight is 311 g/mol. The van der Waals surface area contributed by atoms with Crippen LogP contribution < -0.4 is 11.5 Å². The lowest BCUT2D eigenvalue weighted by molar-refractivity contribution is -0.137. The number of nitrogens with two attached hydrogens (primary N) is 2. The third-order valence-electron chi connectivity index (χ3n) is 2.44. The molecule has 0 heterocycles. The fourth-order valence-corrected chi connectivity index (χ4v) is 2.04. The molecule has 0 aliphatic carbocycles. The van der Waals surface area contributed by atoms with Crippen molar-refractivity contribution >= 4 is 15.9 Å². The molecule has 4 N–H and O–H groups in total. The zero-order chi connectivity index (χ0) is 13.1. The van der Waals surface area contributed by atoms with Gasteiger partial charge < -0.3 is 11.5 Å². The molecule has 0 bridgehead atoms. The van der Waals surface area contributed by atoms with E-state index >= 15 is 0 Å². The third-order valence-corrected chi connectivity index (χ3v) is 3.16. The molecule has 0 aromatic heterocycles. The molecule has 1 aromatic carbocycles. The highest BCUT2D eigenvalue weighted by Gasteiger charge is 2.31. The molecule has 0 radical (unpaired) electrons. The van der Waals surface area contributed by atoms with Crippen LogP contribution in [-0.2, 0) is 6.18 Å². The van der Waals surface area contributed by atoms with Crippen LogP contribution in [0.1, 0.15) is 30.0 Å². The van der Waals surface area contributed by atoms with Crippen molar-refractivity contribution in [2.75, 3.05) is 6.54 Å². The monoisotopic (exact) mass is 310 g/mol. The quantitative estimate of drug-likeness (QED) is 0.897. The standard InChI is InChI=1S/C11H14BrF3N2/c12-9-4-3-7(11(13,14)15)6-8(9)10(17)2-1-5-16/h3-4,6,10H,1-2,5,16-17H2/t10-/m0/s1. The maximum atomic E-state index is 12.5. The molecule has 1 rings (SSSR count). The van der Waals surface area contributed by atoms with E-state index in [0.717, 1.165) is 12.1 Å². The minimum absolute atomic E-state index is 0.435. The van der Waals surface area contributed by atoms with E-state index in [4.69, 9.17) is 11.5 Å². The molecule has 0 unspecified atom stereocenters. The minimum Gasteiger partial charge on any atom is -0.330 e. The Balaban J connectivity index is 2.98. The highest BCUT2D eigenvalue weighted by molar-refractivity contribution is 9.10. The highest BCUT2D eigenvalue weighted by Crippen LogP contribution is 2.34. The number of benzene rings is 1. The van der Waals surface area contributed by atoms with Crippen molar-refractivity contribution in [3.63, 3.8) is 0 Å². The molecular weight excluding hydrogens is 297 g/mol. The molecule has 0 aliphatic heterocycles. The summed E-state index contributed by atoms with van der Waals surface area (Å²) in [4.78, 5) is 0. The maximum absolute atomic E-state index is 12.5. The first-order valence-electron chi connectivity index (χ1n) is 5.18. The Kier molecular flexibility index (Phi) is 4.97. The number of halogens is 4. The fraction of sp³-hybridized carbons (Fsp3) is 0.455. The van der Waals surface area contributed by atoms with E-state index in [-0.39, 0.29) is 0 Å². The molecule has 0 saturated carbocycles. The maximum Gasteiger partial charge on any atom is 0.416 e. The van der Waals surface area contributed by atoms with E-state index in [1.165, 1.54) is 6.07 Å². The van der Waals surface area contributed by atoms with E-state index in [1.807, 2.05) is 0 Å². The first-order chi connectivity index (χ1) is 7.86. The van der Waals surface area contributed by atoms with Crippen molar-refractivity contribution in [2.45, 2.75) is 25.1 Å². The van der Waals surface area contributed by atoms with Gasteiger partial charge >= 0.3 is 6.18 Å². The van der Waals surface area contributed by atoms with Crippen molar-refractivity contribution in [3.8, 4) is 0 Å². The van der Waals surface area contributed by atoms with Crippen molar-refractivity contribution in [3.05, 3.63) is 33.8 Å². The van der Waals surface area contributed by atoms with E-state index in [0.29, 0.717) is 29.4 Å². The summed E-state index contributed by atoms with van der Waals surface area (Å²) in [6.45, 7) is 0.476. The lowest BCUT2D eigenvalue weighted by atomic mass is 10.0. The summed E-state index contributed by atoms with van der Waals surface area (Å²) >= 11 is 3.21. The Bertz CT molecular complexity index is 379. The molecule has 0 aliphatic rings. The second kappa shape index (κ2) is 5.84. The van der Waals surface area contributed by atoms with Gasteiger partial charge in [-0.2, -0.15) is 13.2 Å². The van der Waals surface area contributed by atoms with E-state index in [9.17, 15) is 13.2 Å². The second-order valence-corrected chi connectivity index (χ2v) is 4.63. The smallest absolute Gasteiger partial charge is 0.330 e. The number of rotatable bonds is 4. The summed E-state index contributed by atoms with van der Waals surface area (Å²) in [5, 5.41) is 0. The van der Waals surface area contributed by atoms with Gasteiger partial charge in [0.15, 0.2) is 0 Å². The molecule has 0 amide bonds. The van der Waals surface area contributed by atoms with Crippen LogP contribution in [0.3, 0.4) is 0 Å². The zero-order valence-corrected chi connectivity index (χ0v) is 10.7. The Hall–Kier alpha value is -0.590. The predicted molar refractivity (Wildman–Crippen MR) is 64.4 cm³/mol. The molecule has 0 fully saturated rings. The van der Waals surface area contributed by atoms with Gasteiger partial charge in [-0.1, -0.05) is 15.9 Å². The average Bonchev–Trinajstić information content (AvgIpc) is 2.24. The van der Waals surface area contributed by atoms with Crippen LogP contribution >= 0.6 is 15.9 Å². The molecular formula is C11H14BrF3N2. The van der Waals surface area contributed by atoms with Gasteiger partial charge in [0.05, 0.1) is 5.56 Å². The summed E-state index contributed by atoms with van der Waals surface area (Å²) in [6.07, 6.45) is -3.09. The second-order valence-electron chi connectivity index (χ2n) is 3.77. The van der Waals surface area contributed by atoms with E-state index in [1.54, 1.807) is 0 Å². The zero-order valence-electron chi connectivity index (χ0n) is 9.10. The largest absolute Gasteiger partial charge is 0.416 e. The van der Waals surface area contributed by atoms with Gasteiger partial charge in [-0.3, -0.25) is 0 Å². The van der Waals surface area contributed by atoms with Crippen LogP contribution in [0.2, 0.25) is 0 Å². The SMILES string of the molecule is NCCC[C@H](N)c1cc(C(F)(F)F)ccc1Br. The molecule has 1 aromatic rings. The van der Waals surface area contributed by atoms with E-state index in [2.05, 4.69) is 15.9 Å². The molecule has 1 atom stereocenters. The van der Waals surface area contributed by atoms with Gasteiger partial charge in [-0.05, 0) is 43.1 Å². The molecule has 0 saturated heterocycles. The lowest BCUT2D eigenvalue weighted by Gasteiger charge is -2.16. The van der Waals surface area contributed by atoms with Crippen LogP contribution in [0.25, 0.3) is 0 Å². The third kappa shape index (κ3) is 3.97. The van der Waals surface area contributed by atoms with Crippen molar-refractivity contribution in [1.29, 1.82) is 0 Å². The lowest BCUT2D eigenvalue weighted by Crippen LogP contribution is -2.15. The van der Waals surface area contributed by atoms with Crippen LogP contribution in [-0.4, -0.2) is 6.54 Å². The summed E-state index contributed by atoms with van der Waals surface area (Å²) in [7, 11) is 0. The predicted octanol–water partition coefficient (Wildman–Crippen LogP) is 3.21. The summed E-state index contributed by atoms with van der Waals surface area (Å²) in [6, 6.07) is 3.06. The van der Waals surface area contributed by atoms with Crippen LogP contribution in [0.4, 0.5) is 13.2 Å². The van der Waals surface area contributed by atoms with Crippen molar-refractivity contribution < 1.29 is 13.2 Å². The van der Waals surface area contributed by atoms with Crippen LogP contribution in [0.15, 0.2) is 22.7 Å². The Morgan fingerprint density at radius 2 is 1.94 bits per heavy atom. The normalized spacial score (nSPS) is 13.8. The molecule has 6 heteroatoms. The fourth-order valence-electron chi connectivity index (χ4n) is 1.50. The Labute approximate surface area is 106 Å². The number of hydrogen-bond donors (Lipinski definition) is 2. The Morgan fingerprint density at radius 3 is 2.47 bits per heavy atom. The van der Waals surface area contributed by atoms with Gasteiger partial charge in [0.1, 0.15) is 0 Å². The molecule has 0 spiro atoms. The van der Waals surface area contributed by atoms with Crippen LogP contribution in [0, 0.1) is 0 Å². The van der Waals surface area contributed by atoms with Crippen molar-refractivity contribution in [1.82, 2.24) is 0 Å². The van der Waals surface area contributed by atoms with Gasteiger partial charge in [0.25, 0.3) is 0 Å². The highest BCUT2D eigenvalue weighted by atomic mass is 79.9. The van der Waals surface area contributed by atoms with Crippen molar-refractivity contribution in [2.24, 2.45) is 11.5 Å². The molecule has 17 heavy (non-hydrogen) atoms.